The molecule has 1 aromatic carbocycles. The molecule has 0 bridgehead atoms. The van der Waals surface area contributed by atoms with Gasteiger partial charge in [-0.15, -0.1) is 0 Å². The second kappa shape index (κ2) is 11.2. The predicted octanol–water partition coefficient (Wildman–Crippen LogP) is 5.59. The number of fused-ring (bicyclic) bond motifs is 1. The molecule has 0 radical (unpaired) electrons. The van der Waals surface area contributed by atoms with Crippen LogP contribution < -0.4 is 15.4 Å². The topological polar surface area (TPSA) is 109 Å². The summed E-state index contributed by atoms with van der Waals surface area (Å²) >= 11 is 0. The number of likely N-dealkylation sites (tertiary alicyclic amines) is 1. The Bertz CT molecular complexity index is 1410. The predicted molar refractivity (Wildman–Crippen MR) is 151 cm³/mol. The van der Waals surface area contributed by atoms with E-state index >= 15 is 0 Å². The third kappa shape index (κ3) is 5.61. The van der Waals surface area contributed by atoms with E-state index in [4.69, 9.17) is 9.47 Å². The summed E-state index contributed by atoms with van der Waals surface area (Å²) in [5, 5.41) is 6.27. The Labute approximate surface area is 233 Å². The molecule has 40 heavy (non-hydrogen) atoms. The van der Waals surface area contributed by atoms with E-state index in [1.54, 1.807) is 29.4 Å². The first-order valence-corrected chi connectivity index (χ1v) is 13.8. The highest BCUT2D eigenvalue weighted by atomic mass is 19.1. The van der Waals surface area contributed by atoms with E-state index in [2.05, 4.69) is 20.6 Å². The molecule has 10 heteroatoms. The number of benzene rings is 1. The number of pyridine rings is 1. The zero-order valence-corrected chi connectivity index (χ0v) is 23.4. The summed E-state index contributed by atoms with van der Waals surface area (Å²) < 4.78 is 26.5. The molecule has 3 aromatic rings. The van der Waals surface area contributed by atoms with Crippen molar-refractivity contribution in [3.8, 4) is 17.0 Å². The van der Waals surface area contributed by atoms with Gasteiger partial charge in [0.15, 0.2) is 0 Å². The van der Waals surface area contributed by atoms with Gasteiger partial charge in [-0.1, -0.05) is 13.0 Å². The molecule has 1 saturated heterocycles. The molecule has 1 atom stereocenters. The van der Waals surface area contributed by atoms with Gasteiger partial charge in [0.25, 0.3) is 5.91 Å². The molecule has 1 fully saturated rings. The lowest BCUT2D eigenvalue weighted by Gasteiger charge is -2.28. The van der Waals surface area contributed by atoms with Crippen LogP contribution in [0.5, 0.6) is 5.75 Å². The largest absolute Gasteiger partial charge is 0.489 e. The standard InChI is InChI=1S/C30H36FN5O4/c1-5-19-21(31)9-6-10-22(19)34-27-25-23(12-14-33-28(25)37)35-26(27)20-11-13-32-16-24(20)39-17-18-8-7-15-36(18)29(38)40-30(2,3)4/h6,9-11,13,16,18,34-35H,5,7-8,12,14-15,17H2,1-4H3,(H,33,37)/t18-/m0/s1. The van der Waals surface area contributed by atoms with Gasteiger partial charge in [-0.2, -0.15) is 0 Å². The van der Waals surface area contributed by atoms with Gasteiger partial charge in [0.05, 0.1) is 29.2 Å². The molecule has 9 nitrogen and oxygen atoms in total. The van der Waals surface area contributed by atoms with Crippen molar-refractivity contribution in [2.45, 2.75) is 65.0 Å². The Balaban J connectivity index is 1.47. The Hall–Kier alpha value is -4.08. The second-order valence-corrected chi connectivity index (χ2v) is 11.1. The quantitative estimate of drug-likeness (QED) is 0.355. The Morgan fingerprint density at radius 3 is 2.88 bits per heavy atom. The third-order valence-electron chi connectivity index (χ3n) is 7.19. The van der Waals surface area contributed by atoms with Gasteiger partial charge in [-0.3, -0.25) is 9.78 Å². The molecular formula is C30H36FN5O4. The summed E-state index contributed by atoms with van der Waals surface area (Å²) in [6.07, 6.45) is 5.74. The number of ether oxygens (including phenoxy) is 2. The van der Waals surface area contributed by atoms with Crippen LogP contribution in [0.2, 0.25) is 0 Å². The zero-order chi connectivity index (χ0) is 28.4. The number of amides is 2. The monoisotopic (exact) mass is 549 g/mol. The van der Waals surface area contributed by atoms with Gasteiger partial charge >= 0.3 is 6.09 Å². The first-order chi connectivity index (χ1) is 19.2. The van der Waals surface area contributed by atoms with Gasteiger partial charge in [0.2, 0.25) is 0 Å². The number of H-pyrrole nitrogens is 1. The van der Waals surface area contributed by atoms with Crippen molar-refractivity contribution in [3.05, 3.63) is 59.3 Å². The maximum absolute atomic E-state index is 14.6. The minimum absolute atomic E-state index is 0.137. The number of aromatic nitrogens is 2. The van der Waals surface area contributed by atoms with E-state index in [0.29, 0.717) is 65.4 Å². The lowest BCUT2D eigenvalue weighted by atomic mass is 10.0. The van der Waals surface area contributed by atoms with E-state index in [9.17, 15) is 14.0 Å². The SMILES string of the molecule is CCc1c(F)cccc1Nc1c(-c2ccncc2OC[C@@H]2CCCN2C(=O)OC(C)(C)C)[nH]c2c1C(=O)NCC2. The number of nitrogens with zero attached hydrogens (tertiary/aromatic N) is 2. The average molecular weight is 550 g/mol. The number of nitrogens with one attached hydrogen (secondary N) is 3. The number of carbonyl (C=O) groups excluding carboxylic acids is 2. The lowest BCUT2D eigenvalue weighted by molar-refractivity contribution is 0.0187. The summed E-state index contributed by atoms with van der Waals surface area (Å²) in [7, 11) is 0. The van der Waals surface area contributed by atoms with Crippen LogP contribution in [0.4, 0.5) is 20.6 Å². The third-order valence-corrected chi connectivity index (χ3v) is 7.19. The molecular weight excluding hydrogens is 513 g/mol. The zero-order valence-electron chi connectivity index (χ0n) is 23.4. The molecule has 2 aliphatic rings. The normalized spacial score (nSPS) is 16.9. The molecule has 0 unspecified atom stereocenters. The average Bonchev–Trinajstić information content (AvgIpc) is 3.52. The van der Waals surface area contributed by atoms with Crippen LogP contribution in [-0.4, -0.2) is 58.2 Å². The first kappa shape index (κ1) is 27.5. The Morgan fingerprint density at radius 1 is 1.27 bits per heavy atom. The van der Waals surface area contributed by atoms with Crippen LogP contribution in [0.1, 0.15) is 62.2 Å². The van der Waals surface area contributed by atoms with Gasteiger partial charge in [-0.25, -0.2) is 9.18 Å². The highest BCUT2D eigenvalue weighted by molar-refractivity contribution is 6.06. The van der Waals surface area contributed by atoms with Crippen LogP contribution in [0.3, 0.4) is 0 Å². The number of rotatable bonds is 7. The molecule has 3 N–H and O–H groups in total. The molecule has 2 amide bonds. The molecule has 0 aliphatic carbocycles. The van der Waals surface area contributed by atoms with Gasteiger partial charge in [0.1, 0.15) is 23.8 Å². The van der Waals surface area contributed by atoms with Crippen molar-refractivity contribution >= 4 is 23.4 Å². The van der Waals surface area contributed by atoms with E-state index in [0.717, 1.165) is 18.5 Å². The molecule has 2 aliphatic heterocycles. The number of carbonyl (C=O) groups is 2. The number of halogens is 1. The fourth-order valence-electron chi connectivity index (χ4n) is 5.33. The second-order valence-electron chi connectivity index (χ2n) is 11.1. The van der Waals surface area contributed by atoms with Gasteiger partial charge in [0, 0.05) is 48.2 Å². The number of hydrogen-bond acceptors (Lipinski definition) is 6. The maximum Gasteiger partial charge on any atom is 0.410 e. The fourth-order valence-corrected chi connectivity index (χ4v) is 5.33. The smallest absolute Gasteiger partial charge is 0.410 e. The van der Waals surface area contributed by atoms with E-state index in [-0.39, 0.29) is 30.5 Å². The lowest BCUT2D eigenvalue weighted by Crippen LogP contribution is -2.42. The van der Waals surface area contributed by atoms with Crippen LogP contribution in [0.15, 0.2) is 36.7 Å². The molecule has 0 saturated carbocycles. The van der Waals surface area contributed by atoms with Crippen LogP contribution in [0.25, 0.3) is 11.3 Å². The summed E-state index contributed by atoms with van der Waals surface area (Å²) in [4.78, 5) is 35.2. The van der Waals surface area contributed by atoms with Gasteiger partial charge < -0.3 is 30.0 Å². The number of aromatic amines is 1. The number of hydrogen-bond donors (Lipinski definition) is 3. The summed E-state index contributed by atoms with van der Waals surface area (Å²) in [6, 6.07) is 6.57. The van der Waals surface area contributed by atoms with E-state index in [1.165, 1.54) is 6.07 Å². The highest BCUT2D eigenvalue weighted by Gasteiger charge is 2.33. The fraction of sp³-hybridized carbons (Fsp3) is 0.433. The van der Waals surface area contributed by atoms with Crippen LogP contribution >= 0.6 is 0 Å². The number of anilines is 2. The summed E-state index contributed by atoms with van der Waals surface area (Å²) in [6.45, 7) is 8.85. The van der Waals surface area contributed by atoms with Crippen molar-refractivity contribution in [2.24, 2.45) is 0 Å². The summed E-state index contributed by atoms with van der Waals surface area (Å²) in [5.74, 6) is 0.00804. The van der Waals surface area contributed by atoms with Gasteiger partial charge in [-0.05, 0) is 58.2 Å². The van der Waals surface area contributed by atoms with Crippen molar-refractivity contribution in [3.63, 3.8) is 0 Å². The van der Waals surface area contributed by atoms with Crippen LogP contribution in [-0.2, 0) is 17.6 Å². The van der Waals surface area contributed by atoms with Crippen molar-refractivity contribution in [2.75, 3.05) is 25.0 Å². The minimum Gasteiger partial charge on any atom is -0.489 e. The van der Waals surface area contributed by atoms with Crippen molar-refractivity contribution in [1.29, 1.82) is 0 Å². The molecule has 0 spiro atoms. The molecule has 212 valence electrons. The highest BCUT2D eigenvalue weighted by Crippen LogP contribution is 2.41. The Kier molecular flexibility index (Phi) is 7.69. The molecule has 4 heterocycles. The minimum atomic E-state index is -0.580. The molecule has 5 rings (SSSR count). The van der Waals surface area contributed by atoms with E-state index < -0.39 is 5.60 Å². The van der Waals surface area contributed by atoms with Crippen molar-refractivity contribution < 1.29 is 23.5 Å². The first-order valence-electron chi connectivity index (χ1n) is 13.8. The van der Waals surface area contributed by atoms with E-state index in [1.807, 2.05) is 33.8 Å². The van der Waals surface area contributed by atoms with Crippen LogP contribution in [0, 0.1) is 5.82 Å². The summed E-state index contributed by atoms with van der Waals surface area (Å²) in [5.41, 5.74) is 3.77. The maximum atomic E-state index is 14.6. The molecule has 2 aromatic heterocycles. The van der Waals surface area contributed by atoms with Crippen molar-refractivity contribution in [1.82, 2.24) is 20.2 Å². The Morgan fingerprint density at radius 2 is 2.10 bits per heavy atom.